The molecular weight excluding hydrogens is 584 g/mol. The van der Waals surface area contributed by atoms with Gasteiger partial charge in [0.1, 0.15) is 0 Å². The molecule has 0 atom stereocenters. The summed E-state index contributed by atoms with van der Waals surface area (Å²) in [5.41, 5.74) is 13.2. The first-order valence-electron chi connectivity index (χ1n) is 12.2. The van der Waals surface area contributed by atoms with E-state index in [0.717, 1.165) is 0 Å². The van der Waals surface area contributed by atoms with Crippen molar-refractivity contribution in [2.45, 2.75) is 68.2 Å². The van der Waals surface area contributed by atoms with E-state index < -0.39 is 0 Å². The molecule has 0 aromatic heterocycles. The fraction of sp³-hybridized carbons (Fsp3) is 0.312. The van der Waals surface area contributed by atoms with E-state index in [1.54, 1.807) is 0 Å². The van der Waals surface area contributed by atoms with E-state index in [2.05, 4.69) is 140 Å². The van der Waals surface area contributed by atoms with Gasteiger partial charge in [-0.15, -0.1) is 6.67 Å². The molecule has 1 heterocycles. The zero-order valence-electron chi connectivity index (χ0n) is 23.9. The third-order valence-corrected chi connectivity index (χ3v) is 6.17. The summed E-state index contributed by atoms with van der Waals surface area (Å²) in [6.07, 6.45) is 4.28. The molecule has 5 heteroatoms. The number of hydrogen-bond donors (Lipinski definition) is 0. The SMILES string of the molecule is Cc1cc(C)c(N2C=CN(c3c(C)cc(C)cc3C)[CH-]2)c(C)c1.Cc1ccc(C(C)C)cc1.[CH3-].[Cl][Ru+2][Cl]. The molecular formula is C32H42Cl2N2Ru. The van der Waals surface area contributed by atoms with Gasteiger partial charge in [0.05, 0.1) is 0 Å². The van der Waals surface area contributed by atoms with Crippen LogP contribution in [-0.4, -0.2) is 0 Å². The van der Waals surface area contributed by atoms with Crippen LogP contribution in [0.25, 0.3) is 0 Å². The zero-order valence-corrected chi connectivity index (χ0v) is 27.2. The molecule has 0 saturated carbocycles. The molecule has 3 aromatic rings. The first-order valence-corrected chi connectivity index (χ1v) is 16.6. The minimum atomic E-state index is -0.346. The molecule has 4 rings (SSSR count). The average molecular weight is 627 g/mol. The van der Waals surface area contributed by atoms with Gasteiger partial charge in [0, 0.05) is 11.4 Å². The quantitative estimate of drug-likeness (QED) is 0.211. The van der Waals surface area contributed by atoms with Gasteiger partial charge in [-0.05, 0) is 94.6 Å². The predicted octanol–water partition coefficient (Wildman–Crippen LogP) is 10.4. The second-order valence-corrected chi connectivity index (χ2v) is 12.5. The number of anilines is 2. The first-order chi connectivity index (χ1) is 17.0. The number of hydrogen-bond acceptors (Lipinski definition) is 2. The normalized spacial score (nSPS) is 12.0. The van der Waals surface area contributed by atoms with E-state index in [1.165, 1.54) is 55.9 Å². The molecule has 0 saturated heterocycles. The standard InChI is InChI=1S/C21H25N2.C10H14.CH3.2ClH.Ru/c1-14-9-16(3)20(17(4)10-14)22-7-8-23(13-22)21-18(5)11-15(2)12-19(21)6;1-8(2)10-6-4-9(3)5-7-10;;;;/h7-13H,1-6H3;4-8H,1-3H3;1H3;2*1H;/q-1;;-1;;;+4/p-2. The van der Waals surface area contributed by atoms with Gasteiger partial charge in [0.2, 0.25) is 0 Å². The Labute approximate surface area is 242 Å². The van der Waals surface area contributed by atoms with Crippen molar-refractivity contribution >= 4 is 30.8 Å². The molecule has 0 spiro atoms. The van der Waals surface area contributed by atoms with Crippen LogP contribution in [0.4, 0.5) is 11.4 Å². The third kappa shape index (κ3) is 9.47. The molecule has 0 aliphatic carbocycles. The van der Waals surface area contributed by atoms with Gasteiger partial charge >= 0.3 is 34.5 Å². The van der Waals surface area contributed by atoms with E-state index in [1.807, 2.05) is 0 Å². The Morgan fingerprint density at radius 1 is 0.622 bits per heavy atom. The van der Waals surface area contributed by atoms with Crippen LogP contribution < -0.4 is 9.80 Å². The molecule has 1 aliphatic rings. The Bertz CT molecular complexity index is 1060. The van der Waals surface area contributed by atoms with Crippen molar-refractivity contribution in [2.75, 3.05) is 9.80 Å². The first kappa shape index (κ1) is 33.2. The Hall–Kier alpha value is -1.80. The fourth-order valence-electron chi connectivity index (χ4n) is 4.73. The summed E-state index contributed by atoms with van der Waals surface area (Å²) in [5.74, 6) is 0.653. The maximum atomic E-state index is 4.85. The predicted molar refractivity (Wildman–Crippen MR) is 163 cm³/mol. The van der Waals surface area contributed by atoms with Crippen LogP contribution in [-0.2, 0) is 15.1 Å². The monoisotopic (exact) mass is 626 g/mol. The summed E-state index contributed by atoms with van der Waals surface area (Å²) in [5, 5.41) is 0. The molecule has 1 aliphatic heterocycles. The molecule has 0 amide bonds. The van der Waals surface area contributed by atoms with Crippen molar-refractivity contribution in [3.05, 3.63) is 120 Å². The van der Waals surface area contributed by atoms with Crippen LogP contribution in [0.5, 0.6) is 0 Å². The molecule has 3 aromatic carbocycles. The van der Waals surface area contributed by atoms with Crippen LogP contribution in [0, 0.1) is 62.6 Å². The van der Waals surface area contributed by atoms with Crippen molar-refractivity contribution in [2.24, 2.45) is 0 Å². The summed E-state index contributed by atoms with van der Waals surface area (Å²) < 4.78 is 0. The van der Waals surface area contributed by atoms with Gasteiger partial charge in [-0.3, -0.25) is 0 Å². The van der Waals surface area contributed by atoms with Crippen LogP contribution in [0.1, 0.15) is 64.3 Å². The van der Waals surface area contributed by atoms with E-state index in [4.69, 9.17) is 19.4 Å². The van der Waals surface area contributed by atoms with E-state index in [-0.39, 0.29) is 22.6 Å². The summed E-state index contributed by atoms with van der Waals surface area (Å²) in [7, 11) is 9.71. The number of aryl methyl sites for hydroxylation is 7. The topological polar surface area (TPSA) is 6.48 Å². The second kappa shape index (κ2) is 15.6. The number of rotatable bonds is 3. The summed E-state index contributed by atoms with van der Waals surface area (Å²) in [6.45, 7) is 21.8. The second-order valence-electron chi connectivity index (χ2n) is 9.84. The Balaban J connectivity index is 0.000000410. The number of nitrogens with zero attached hydrogens (tertiary/aromatic N) is 2. The minimum absolute atomic E-state index is 0. The Morgan fingerprint density at radius 3 is 1.24 bits per heavy atom. The van der Waals surface area contributed by atoms with Gasteiger partial charge < -0.3 is 17.2 Å². The molecule has 0 fully saturated rings. The number of benzene rings is 3. The molecule has 202 valence electrons. The molecule has 37 heavy (non-hydrogen) atoms. The van der Waals surface area contributed by atoms with E-state index >= 15 is 0 Å². The van der Waals surface area contributed by atoms with Gasteiger partial charge in [-0.2, -0.15) is 0 Å². The van der Waals surface area contributed by atoms with Crippen LogP contribution in [0.3, 0.4) is 0 Å². The van der Waals surface area contributed by atoms with Crippen LogP contribution in [0.15, 0.2) is 60.9 Å². The fourth-order valence-corrected chi connectivity index (χ4v) is 4.73. The van der Waals surface area contributed by atoms with Crippen molar-refractivity contribution in [3.63, 3.8) is 0 Å². The average Bonchev–Trinajstić information content (AvgIpc) is 3.22. The summed E-state index contributed by atoms with van der Waals surface area (Å²) in [4.78, 5) is 4.45. The van der Waals surface area contributed by atoms with Crippen molar-refractivity contribution in [1.29, 1.82) is 0 Å². The molecule has 0 radical (unpaired) electrons. The summed E-state index contributed by atoms with van der Waals surface area (Å²) in [6, 6.07) is 17.7. The number of halogens is 2. The Morgan fingerprint density at radius 2 is 0.946 bits per heavy atom. The van der Waals surface area contributed by atoms with Crippen molar-refractivity contribution < 1.29 is 15.1 Å². The van der Waals surface area contributed by atoms with Crippen LogP contribution >= 0.6 is 19.4 Å². The molecule has 0 bridgehead atoms. The maximum absolute atomic E-state index is 4.85. The zero-order chi connectivity index (χ0) is 27.0. The van der Waals surface area contributed by atoms with Crippen LogP contribution in [0.2, 0.25) is 0 Å². The van der Waals surface area contributed by atoms with Gasteiger partial charge in [-0.25, -0.2) is 0 Å². The van der Waals surface area contributed by atoms with Gasteiger partial charge in [0.25, 0.3) is 0 Å². The molecule has 0 unspecified atom stereocenters. The van der Waals surface area contributed by atoms with Gasteiger partial charge in [-0.1, -0.05) is 79.1 Å². The molecule has 0 N–H and O–H groups in total. The summed E-state index contributed by atoms with van der Waals surface area (Å²) >= 11 is -0.346. The van der Waals surface area contributed by atoms with E-state index in [0.29, 0.717) is 5.92 Å². The molecule has 2 nitrogen and oxygen atoms in total. The van der Waals surface area contributed by atoms with Gasteiger partial charge in [0.15, 0.2) is 0 Å². The Kier molecular flexibility index (Phi) is 14.0. The third-order valence-electron chi connectivity index (χ3n) is 6.17. The van der Waals surface area contributed by atoms with Crippen molar-refractivity contribution in [1.82, 2.24) is 0 Å². The van der Waals surface area contributed by atoms with E-state index in [9.17, 15) is 0 Å². The van der Waals surface area contributed by atoms with Crippen molar-refractivity contribution in [3.8, 4) is 0 Å².